The fourth-order valence-electron chi connectivity index (χ4n) is 2.87. The molecule has 0 bridgehead atoms. The lowest BCUT2D eigenvalue weighted by Crippen LogP contribution is -2.16. The van der Waals surface area contributed by atoms with E-state index in [4.69, 9.17) is 10.9 Å². The van der Waals surface area contributed by atoms with E-state index in [-0.39, 0.29) is 17.1 Å². The summed E-state index contributed by atoms with van der Waals surface area (Å²) in [6.45, 7) is 0.179. The Morgan fingerprint density at radius 2 is 2.00 bits per heavy atom. The number of sulfone groups is 1. The highest BCUT2D eigenvalue weighted by atomic mass is 32.2. The first-order valence-corrected chi connectivity index (χ1v) is 11.5. The van der Waals surface area contributed by atoms with E-state index in [1.165, 1.54) is 23.5 Å². The van der Waals surface area contributed by atoms with Gasteiger partial charge in [-0.3, -0.25) is 4.79 Å². The summed E-state index contributed by atoms with van der Waals surface area (Å²) in [4.78, 5) is 17.4. The number of aromatic nitrogens is 2. The maximum absolute atomic E-state index is 12.7. The van der Waals surface area contributed by atoms with Crippen LogP contribution in [-0.4, -0.2) is 30.3 Å². The number of hydrogen-bond acceptors (Lipinski definition) is 6. The molecule has 30 heavy (non-hydrogen) atoms. The second kappa shape index (κ2) is 7.74. The Balaban J connectivity index is 1.78. The minimum absolute atomic E-state index is 0.0652. The second-order valence-electron chi connectivity index (χ2n) is 6.44. The molecule has 0 radical (unpaired) electrons. The zero-order valence-corrected chi connectivity index (χ0v) is 17.4. The Labute approximate surface area is 176 Å². The van der Waals surface area contributed by atoms with Crippen LogP contribution in [0.5, 0.6) is 0 Å². The summed E-state index contributed by atoms with van der Waals surface area (Å²) in [5, 5.41) is 3.82. The molecule has 7 nitrogen and oxygen atoms in total. The highest BCUT2D eigenvalue weighted by Gasteiger charge is 2.16. The van der Waals surface area contributed by atoms with Crippen molar-refractivity contribution >= 4 is 37.3 Å². The quantitative estimate of drug-likeness (QED) is 0.457. The molecule has 0 spiro atoms. The molecule has 0 saturated carbocycles. The third kappa shape index (κ3) is 3.83. The van der Waals surface area contributed by atoms with Crippen LogP contribution in [0.1, 0.15) is 10.5 Å². The zero-order chi connectivity index (χ0) is 21.3. The molecule has 4 rings (SSSR count). The maximum Gasteiger partial charge on any atom is 0.301 e. The molecule has 2 aromatic carbocycles. The molecular formula is C21H15N3O4S2. The van der Waals surface area contributed by atoms with Gasteiger partial charge in [0.25, 0.3) is 0 Å². The van der Waals surface area contributed by atoms with Crippen molar-refractivity contribution in [2.24, 2.45) is 4.99 Å². The molecule has 0 aliphatic rings. The molecule has 9 heteroatoms. The SMILES string of the molecule is C#CCn1c(=NC(=O)c2cc(-c3ccccc3)on2)sc2cc(S(C)(=O)=O)ccc21. The molecule has 2 aromatic heterocycles. The predicted octanol–water partition coefficient (Wildman–Crippen LogP) is 3.14. The van der Waals surface area contributed by atoms with Gasteiger partial charge in [0.05, 0.1) is 21.7 Å². The first-order valence-electron chi connectivity index (χ1n) is 8.75. The summed E-state index contributed by atoms with van der Waals surface area (Å²) >= 11 is 1.18. The van der Waals surface area contributed by atoms with Crippen LogP contribution in [0.25, 0.3) is 21.5 Å². The Hall–Kier alpha value is -3.48. The van der Waals surface area contributed by atoms with Crippen molar-refractivity contribution in [2.75, 3.05) is 6.26 Å². The fourth-order valence-corrected chi connectivity index (χ4v) is 4.66. The second-order valence-corrected chi connectivity index (χ2v) is 9.46. The van der Waals surface area contributed by atoms with Gasteiger partial charge < -0.3 is 9.09 Å². The highest BCUT2D eigenvalue weighted by molar-refractivity contribution is 7.90. The number of carbonyl (C=O) groups is 1. The van der Waals surface area contributed by atoms with Crippen LogP contribution in [0.15, 0.2) is 69.0 Å². The number of amides is 1. The predicted molar refractivity (Wildman–Crippen MR) is 114 cm³/mol. The van der Waals surface area contributed by atoms with Gasteiger partial charge in [-0.25, -0.2) is 8.42 Å². The van der Waals surface area contributed by atoms with Gasteiger partial charge in [-0.05, 0) is 18.2 Å². The van der Waals surface area contributed by atoms with Crippen LogP contribution < -0.4 is 4.80 Å². The summed E-state index contributed by atoms with van der Waals surface area (Å²) in [6.07, 6.45) is 6.61. The normalized spacial score (nSPS) is 12.2. The van der Waals surface area contributed by atoms with E-state index in [0.717, 1.165) is 11.8 Å². The van der Waals surface area contributed by atoms with Crippen molar-refractivity contribution in [2.45, 2.75) is 11.4 Å². The highest BCUT2D eigenvalue weighted by Crippen LogP contribution is 2.23. The largest absolute Gasteiger partial charge is 0.355 e. The molecule has 0 atom stereocenters. The van der Waals surface area contributed by atoms with E-state index in [1.807, 2.05) is 30.3 Å². The lowest BCUT2D eigenvalue weighted by atomic mass is 10.1. The van der Waals surface area contributed by atoms with Crippen molar-refractivity contribution in [3.63, 3.8) is 0 Å². The monoisotopic (exact) mass is 437 g/mol. The number of terminal acetylenes is 1. The Morgan fingerprint density at radius 1 is 1.23 bits per heavy atom. The first-order chi connectivity index (χ1) is 14.4. The van der Waals surface area contributed by atoms with E-state index >= 15 is 0 Å². The lowest BCUT2D eigenvalue weighted by molar-refractivity contribution is 0.0989. The van der Waals surface area contributed by atoms with Gasteiger partial charge in [0.2, 0.25) is 0 Å². The first kappa shape index (κ1) is 19.8. The van der Waals surface area contributed by atoms with Crippen LogP contribution in [0.4, 0.5) is 0 Å². The van der Waals surface area contributed by atoms with Gasteiger partial charge >= 0.3 is 5.91 Å². The molecule has 0 N–H and O–H groups in total. The maximum atomic E-state index is 12.7. The van der Waals surface area contributed by atoms with Gasteiger partial charge in [0.1, 0.15) is 0 Å². The summed E-state index contributed by atoms with van der Waals surface area (Å²) in [7, 11) is -3.36. The number of benzene rings is 2. The zero-order valence-electron chi connectivity index (χ0n) is 15.8. The standard InChI is InChI=1S/C21H15N3O4S2/c1-3-11-24-17-10-9-15(30(2,26)27)12-19(17)29-21(24)22-20(25)16-13-18(28-23-16)14-7-5-4-6-8-14/h1,4-10,12-13H,11H2,2H3. The number of fused-ring (bicyclic) bond motifs is 1. The molecule has 1 amide bonds. The lowest BCUT2D eigenvalue weighted by Gasteiger charge is -2.01. The molecule has 0 saturated heterocycles. The number of thiazole rings is 1. The number of carbonyl (C=O) groups excluding carboxylic acids is 1. The number of rotatable bonds is 4. The van der Waals surface area contributed by atoms with Crippen molar-refractivity contribution in [3.8, 4) is 23.7 Å². The average Bonchev–Trinajstić information content (AvgIpc) is 3.34. The Kier molecular flexibility index (Phi) is 5.11. The Morgan fingerprint density at radius 3 is 2.70 bits per heavy atom. The molecule has 0 aliphatic heterocycles. The van der Waals surface area contributed by atoms with Crippen molar-refractivity contribution < 1.29 is 17.7 Å². The molecule has 4 aromatic rings. The molecule has 2 heterocycles. The van der Waals surface area contributed by atoms with Crippen molar-refractivity contribution in [3.05, 3.63) is 65.1 Å². The smallest absolute Gasteiger partial charge is 0.301 e. The summed E-state index contributed by atoms with van der Waals surface area (Å²) < 4.78 is 31.3. The van der Waals surface area contributed by atoms with Gasteiger partial charge in [0.15, 0.2) is 26.1 Å². The van der Waals surface area contributed by atoms with Crippen molar-refractivity contribution in [1.82, 2.24) is 9.72 Å². The minimum atomic E-state index is -3.36. The summed E-state index contributed by atoms with van der Waals surface area (Å²) in [5.41, 5.74) is 1.55. The van der Waals surface area contributed by atoms with E-state index < -0.39 is 15.7 Å². The van der Waals surface area contributed by atoms with E-state index in [2.05, 4.69) is 16.1 Å². The van der Waals surface area contributed by atoms with E-state index in [0.29, 0.717) is 20.8 Å². The molecule has 0 unspecified atom stereocenters. The van der Waals surface area contributed by atoms with E-state index in [1.54, 1.807) is 16.7 Å². The Bertz CT molecular complexity index is 1470. The third-order valence-corrected chi connectivity index (χ3v) is 6.47. The van der Waals surface area contributed by atoms with Crippen LogP contribution in [-0.2, 0) is 16.4 Å². The number of nitrogens with zero attached hydrogens (tertiary/aromatic N) is 3. The molecular weight excluding hydrogens is 422 g/mol. The topological polar surface area (TPSA) is 94.5 Å². The number of hydrogen-bond donors (Lipinski definition) is 0. The summed E-state index contributed by atoms with van der Waals surface area (Å²) in [5.74, 6) is 2.41. The molecule has 150 valence electrons. The van der Waals surface area contributed by atoms with E-state index in [9.17, 15) is 13.2 Å². The van der Waals surface area contributed by atoms with Crippen LogP contribution >= 0.6 is 11.3 Å². The molecule has 0 aliphatic carbocycles. The van der Waals surface area contributed by atoms with Gasteiger partial charge in [-0.1, -0.05) is 52.7 Å². The van der Waals surface area contributed by atoms with Gasteiger partial charge in [-0.15, -0.1) is 6.42 Å². The fraction of sp³-hybridized carbons (Fsp3) is 0.0952. The van der Waals surface area contributed by atoms with Crippen LogP contribution in [0.3, 0.4) is 0 Å². The van der Waals surface area contributed by atoms with Crippen LogP contribution in [0, 0.1) is 12.3 Å². The third-order valence-electron chi connectivity index (χ3n) is 4.32. The van der Waals surface area contributed by atoms with Crippen LogP contribution in [0.2, 0.25) is 0 Å². The van der Waals surface area contributed by atoms with Gasteiger partial charge in [-0.2, -0.15) is 4.99 Å². The average molecular weight is 438 g/mol. The van der Waals surface area contributed by atoms with Gasteiger partial charge in [0, 0.05) is 17.9 Å². The minimum Gasteiger partial charge on any atom is -0.355 e. The summed E-state index contributed by atoms with van der Waals surface area (Å²) in [6, 6.07) is 15.5. The molecule has 0 fully saturated rings. The van der Waals surface area contributed by atoms with Crippen molar-refractivity contribution in [1.29, 1.82) is 0 Å².